The third-order valence-electron chi connectivity index (χ3n) is 2.18. The first-order valence-corrected chi connectivity index (χ1v) is 6.54. The van der Waals surface area contributed by atoms with Crippen molar-refractivity contribution in [3.05, 3.63) is 16.3 Å². The van der Waals surface area contributed by atoms with Crippen LogP contribution in [0, 0.1) is 0 Å². The van der Waals surface area contributed by atoms with E-state index in [-0.39, 0.29) is 11.9 Å². The lowest BCUT2D eigenvalue weighted by Gasteiger charge is -2.12. The molecule has 0 aliphatic heterocycles. The molecule has 0 saturated carbocycles. The molecule has 2 nitrogen and oxygen atoms in total. The fourth-order valence-electron chi connectivity index (χ4n) is 1.32. The topological polar surface area (TPSA) is 29.1 Å². The standard InChI is InChI=1S/C11H17NOS2/c1-3-4-5-8(2)12-11(13)10-6-9(14)7-15-10/h6-8,14H,3-5H2,1-2H3,(H,12,13). The first-order chi connectivity index (χ1) is 7.13. The predicted octanol–water partition coefficient (Wildman–Crippen LogP) is 3.35. The molecule has 0 aliphatic carbocycles. The minimum atomic E-state index is 0.0175. The highest BCUT2D eigenvalue weighted by atomic mass is 32.1. The van der Waals surface area contributed by atoms with Crippen molar-refractivity contribution in [1.29, 1.82) is 0 Å². The molecule has 0 fully saturated rings. The molecule has 1 heterocycles. The van der Waals surface area contributed by atoms with Gasteiger partial charge < -0.3 is 5.32 Å². The number of carbonyl (C=O) groups excluding carboxylic acids is 1. The number of thiophene rings is 1. The highest BCUT2D eigenvalue weighted by molar-refractivity contribution is 7.80. The number of carbonyl (C=O) groups is 1. The smallest absolute Gasteiger partial charge is 0.261 e. The number of rotatable bonds is 5. The number of hydrogen-bond acceptors (Lipinski definition) is 3. The minimum Gasteiger partial charge on any atom is -0.349 e. The van der Waals surface area contributed by atoms with Gasteiger partial charge in [-0.3, -0.25) is 4.79 Å². The molecule has 1 N–H and O–H groups in total. The second kappa shape index (κ2) is 6.18. The molecule has 1 rings (SSSR count). The molecule has 0 aliphatic rings. The molecule has 0 radical (unpaired) electrons. The Labute approximate surface area is 100 Å². The third-order valence-corrected chi connectivity index (χ3v) is 3.54. The summed E-state index contributed by atoms with van der Waals surface area (Å²) in [5.74, 6) is 0.0175. The molecule has 84 valence electrons. The van der Waals surface area contributed by atoms with Crippen LogP contribution in [0.15, 0.2) is 16.3 Å². The molecule has 1 amide bonds. The summed E-state index contributed by atoms with van der Waals surface area (Å²) in [6.45, 7) is 4.20. The van der Waals surface area contributed by atoms with Crippen molar-refractivity contribution in [3.63, 3.8) is 0 Å². The van der Waals surface area contributed by atoms with Gasteiger partial charge in [-0.05, 0) is 19.4 Å². The van der Waals surface area contributed by atoms with Crippen LogP contribution in [-0.2, 0) is 0 Å². The van der Waals surface area contributed by atoms with Crippen LogP contribution in [0.5, 0.6) is 0 Å². The summed E-state index contributed by atoms with van der Waals surface area (Å²) in [7, 11) is 0. The third kappa shape index (κ3) is 4.26. The van der Waals surface area contributed by atoms with Gasteiger partial charge >= 0.3 is 0 Å². The molecule has 4 heteroatoms. The maximum Gasteiger partial charge on any atom is 0.261 e. The maximum atomic E-state index is 11.7. The average Bonchev–Trinajstić information content (AvgIpc) is 2.61. The summed E-state index contributed by atoms with van der Waals surface area (Å²) in [6.07, 6.45) is 3.37. The Morgan fingerprint density at radius 3 is 2.93 bits per heavy atom. The van der Waals surface area contributed by atoms with Crippen molar-refractivity contribution in [2.45, 2.75) is 44.0 Å². The van der Waals surface area contributed by atoms with Crippen molar-refractivity contribution in [1.82, 2.24) is 5.32 Å². The zero-order valence-electron chi connectivity index (χ0n) is 9.12. The van der Waals surface area contributed by atoms with E-state index in [9.17, 15) is 4.79 Å². The first kappa shape index (κ1) is 12.6. The summed E-state index contributed by atoms with van der Waals surface area (Å²) in [5.41, 5.74) is 0. The van der Waals surface area contributed by atoms with Crippen LogP contribution < -0.4 is 5.32 Å². The molecule has 1 atom stereocenters. The molecule has 1 aromatic rings. The summed E-state index contributed by atoms with van der Waals surface area (Å²) in [4.78, 5) is 13.3. The quantitative estimate of drug-likeness (QED) is 0.763. The molecule has 15 heavy (non-hydrogen) atoms. The Kier molecular flexibility index (Phi) is 5.19. The van der Waals surface area contributed by atoms with Crippen LogP contribution in [0.25, 0.3) is 0 Å². The van der Waals surface area contributed by atoms with Crippen LogP contribution >= 0.6 is 24.0 Å². The second-order valence-corrected chi connectivity index (χ2v) is 5.11. The fraction of sp³-hybridized carbons (Fsp3) is 0.545. The minimum absolute atomic E-state index is 0.0175. The van der Waals surface area contributed by atoms with E-state index in [1.807, 2.05) is 12.3 Å². The van der Waals surface area contributed by atoms with Gasteiger partial charge in [0.2, 0.25) is 0 Å². The van der Waals surface area contributed by atoms with Crippen LogP contribution in [0.1, 0.15) is 42.8 Å². The van der Waals surface area contributed by atoms with Gasteiger partial charge in [0.25, 0.3) is 5.91 Å². The molecule has 0 aromatic carbocycles. The van der Waals surface area contributed by atoms with Crippen molar-refractivity contribution >= 4 is 29.9 Å². The van der Waals surface area contributed by atoms with Gasteiger partial charge in [0.15, 0.2) is 0 Å². The summed E-state index contributed by atoms with van der Waals surface area (Å²) >= 11 is 5.61. The normalized spacial score (nSPS) is 12.5. The van der Waals surface area contributed by atoms with Crippen molar-refractivity contribution in [2.75, 3.05) is 0 Å². The monoisotopic (exact) mass is 243 g/mol. The molecule has 1 aromatic heterocycles. The zero-order valence-corrected chi connectivity index (χ0v) is 10.8. The predicted molar refractivity (Wildman–Crippen MR) is 68.0 cm³/mol. The molecule has 0 bridgehead atoms. The Hall–Kier alpha value is -0.480. The summed E-state index contributed by atoms with van der Waals surface area (Å²) < 4.78 is 0. The molecular weight excluding hydrogens is 226 g/mol. The van der Waals surface area contributed by atoms with E-state index in [2.05, 4.69) is 24.9 Å². The Balaban J connectivity index is 2.42. The number of unbranched alkanes of at least 4 members (excludes halogenated alkanes) is 1. The molecule has 0 spiro atoms. The lowest BCUT2D eigenvalue weighted by Crippen LogP contribution is -2.31. The largest absolute Gasteiger partial charge is 0.349 e. The van der Waals surface area contributed by atoms with Gasteiger partial charge in [0, 0.05) is 16.3 Å². The van der Waals surface area contributed by atoms with Gasteiger partial charge in [-0.25, -0.2) is 0 Å². The van der Waals surface area contributed by atoms with Crippen molar-refractivity contribution < 1.29 is 4.79 Å². The molecule has 1 unspecified atom stereocenters. The van der Waals surface area contributed by atoms with Gasteiger partial charge in [-0.2, -0.15) is 0 Å². The lowest BCUT2D eigenvalue weighted by molar-refractivity contribution is 0.0942. The van der Waals surface area contributed by atoms with E-state index in [4.69, 9.17) is 0 Å². The van der Waals surface area contributed by atoms with Gasteiger partial charge in [-0.1, -0.05) is 19.8 Å². The van der Waals surface area contributed by atoms with E-state index < -0.39 is 0 Å². The van der Waals surface area contributed by atoms with E-state index in [0.29, 0.717) is 0 Å². The van der Waals surface area contributed by atoms with Gasteiger partial charge in [0.1, 0.15) is 0 Å². The SMILES string of the molecule is CCCCC(C)NC(=O)c1cc(S)cs1. The van der Waals surface area contributed by atoms with Gasteiger partial charge in [-0.15, -0.1) is 24.0 Å². The Morgan fingerprint density at radius 2 is 2.40 bits per heavy atom. The van der Waals surface area contributed by atoms with Crippen LogP contribution in [0.3, 0.4) is 0 Å². The molecular formula is C11H17NOS2. The highest BCUT2D eigenvalue weighted by Gasteiger charge is 2.10. The number of amides is 1. The van der Waals surface area contributed by atoms with Crippen molar-refractivity contribution in [2.24, 2.45) is 0 Å². The second-order valence-electron chi connectivity index (χ2n) is 3.69. The maximum absolute atomic E-state index is 11.7. The lowest BCUT2D eigenvalue weighted by atomic mass is 10.1. The van der Waals surface area contributed by atoms with E-state index in [0.717, 1.165) is 22.6 Å². The van der Waals surface area contributed by atoms with Crippen molar-refractivity contribution in [3.8, 4) is 0 Å². The summed E-state index contributed by atoms with van der Waals surface area (Å²) in [6, 6.07) is 2.05. The Bertz CT molecular complexity index is 322. The van der Waals surface area contributed by atoms with E-state index >= 15 is 0 Å². The van der Waals surface area contributed by atoms with Crippen LogP contribution in [0.4, 0.5) is 0 Å². The zero-order chi connectivity index (χ0) is 11.3. The number of hydrogen-bond donors (Lipinski definition) is 2. The highest BCUT2D eigenvalue weighted by Crippen LogP contribution is 2.17. The number of thiol groups is 1. The Morgan fingerprint density at radius 1 is 1.67 bits per heavy atom. The average molecular weight is 243 g/mol. The number of nitrogens with one attached hydrogen (secondary N) is 1. The van der Waals surface area contributed by atoms with Gasteiger partial charge in [0.05, 0.1) is 4.88 Å². The van der Waals surface area contributed by atoms with Crippen LogP contribution in [0.2, 0.25) is 0 Å². The first-order valence-electron chi connectivity index (χ1n) is 5.21. The van der Waals surface area contributed by atoms with Crippen LogP contribution in [-0.4, -0.2) is 11.9 Å². The van der Waals surface area contributed by atoms with E-state index in [1.54, 1.807) is 6.07 Å². The fourth-order valence-corrected chi connectivity index (χ4v) is 2.37. The molecule has 0 saturated heterocycles. The van der Waals surface area contributed by atoms with E-state index in [1.165, 1.54) is 17.8 Å². The summed E-state index contributed by atoms with van der Waals surface area (Å²) in [5, 5.41) is 4.85.